The summed E-state index contributed by atoms with van der Waals surface area (Å²) in [7, 11) is 0. The minimum absolute atomic E-state index is 0.0709. The summed E-state index contributed by atoms with van der Waals surface area (Å²) in [6.07, 6.45) is 5.81. The summed E-state index contributed by atoms with van der Waals surface area (Å²) in [4.78, 5) is 12.0. The highest BCUT2D eigenvalue weighted by Crippen LogP contribution is 2.39. The maximum atomic E-state index is 5.91. The predicted molar refractivity (Wildman–Crippen MR) is 90.5 cm³/mol. The van der Waals surface area contributed by atoms with Crippen LogP contribution in [0.3, 0.4) is 0 Å². The van der Waals surface area contributed by atoms with Crippen molar-refractivity contribution < 1.29 is 4.74 Å². The van der Waals surface area contributed by atoms with Crippen molar-refractivity contribution in [3.8, 4) is 0 Å². The lowest BCUT2D eigenvalue weighted by molar-refractivity contribution is 0.0501. The molecule has 5 nitrogen and oxygen atoms in total. The van der Waals surface area contributed by atoms with E-state index in [0.717, 1.165) is 51.1 Å². The van der Waals surface area contributed by atoms with Crippen LogP contribution in [0.1, 0.15) is 44.4 Å². The molecule has 0 bridgehead atoms. The molecule has 3 aliphatic rings. The van der Waals surface area contributed by atoms with Crippen LogP contribution in [-0.2, 0) is 16.8 Å². The Labute approximate surface area is 138 Å². The molecule has 2 fully saturated rings. The smallest absolute Gasteiger partial charge is 0.222 e. The van der Waals surface area contributed by atoms with Crippen molar-refractivity contribution in [1.82, 2.24) is 14.9 Å². The Kier molecular flexibility index (Phi) is 4.01. The maximum Gasteiger partial charge on any atom is 0.222 e. The number of fused-ring (bicyclic) bond motifs is 2. The molecular formula is C18H28N4O. The van der Waals surface area contributed by atoms with Crippen LogP contribution < -0.4 is 5.32 Å². The first-order chi connectivity index (χ1) is 11.1. The summed E-state index contributed by atoms with van der Waals surface area (Å²) in [5, 5.41) is 3.43. The van der Waals surface area contributed by atoms with Gasteiger partial charge < -0.3 is 15.0 Å². The van der Waals surface area contributed by atoms with Gasteiger partial charge in [0.2, 0.25) is 5.95 Å². The van der Waals surface area contributed by atoms with Crippen LogP contribution in [-0.4, -0.2) is 47.7 Å². The van der Waals surface area contributed by atoms with Crippen molar-refractivity contribution in [2.45, 2.75) is 45.1 Å². The summed E-state index contributed by atoms with van der Waals surface area (Å²) in [5.74, 6) is 2.34. The minimum atomic E-state index is 0.0709. The van der Waals surface area contributed by atoms with Gasteiger partial charge in [0, 0.05) is 31.4 Å². The standard InChI is InChI=1S/C18H28N4O/c1-13(2)9-22-6-5-18(11-22)12-23-10-15-8-20-17(21-16(15)18)19-7-14-3-4-14/h8,13-14H,3-7,9-12H2,1-2H3,(H,19,20,21). The average Bonchev–Trinajstić information content (AvgIpc) is 3.28. The van der Waals surface area contributed by atoms with Gasteiger partial charge in [-0.1, -0.05) is 13.8 Å². The molecule has 5 heteroatoms. The first kappa shape index (κ1) is 15.3. The van der Waals surface area contributed by atoms with Gasteiger partial charge in [0.25, 0.3) is 0 Å². The number of anilines is 1. The van der Waals surface area contributed by atoms with Crippen LogP contribution in [0.25, 0.3) is 0 Å². The van der Waals surface area contributed by atoms with E-state index in [9.17, 15) is 0 Å². The van der Waals surface area contributed by atoms with Gasteiger partial charge in [0.1, 0.15) is 0 Å². The molecule has 1 N–H and O–H groups in total. The monoisotopic (exact) mass is 316 g/mol. The molecule has 23 heavy (non-hydrogen) atoms. The van der Waals surface area contributed by atoms with Crippen LogP contribution in [0, 0.1) is 11.8 Å². The summed E-state index contributed by atoms with van der Waals surface area (Å²) < 4.78 is 5.91. The highest BCUT2D eigenvalue weighted by atomic mass is 16.5. The Morgan fingerprint density at radius 2 is 2.30 bits per heavy atom. The highest BCUT2D eigenvalue weighted by Gasteiger charge is 2.44. The molecule has 3 heterocycles. The van der Waals surface area contributed by atoms with E-state index < -0.39 is 0 Å². The molecule has 1 unspecified atom stereocenters. The van der Waals surface area contributed by atoms with E-state index in [1.165, 1.54) is 24.1 Å². The maximum absolute atomic E-state index is 5.91. The SMILES string of the molecule is CC(C)CN1CCC2(COCc3cnc(NCC4CC4)nc32)C1. The molecule has 1 saturated heterocycles. The van der Waals surface area contributed by atoms with Gasteiger partial charge >= 0.3 is 0 Å². The zero-order valence-corrected chi connectivity index (χ0v) is 14.3. The molecule has 2 aliphatic heterocycles. The molecule has 126 valence electrons. The average molecular weight is 316 g/mol. The largest absolute Gasteiger partial charge is 0.376 e. The second kappa shape index (κ2) is 6.02. The molecule has 0 amide bonds. The molecule has 1 spiro atoms. The minimum Gasteiger partial charge on any atom is -0.376 e. The van der Waals surface area contributed by atoms with E-state index in [2.05, 4.69) is 29.0 Å². The second-order valence-electron chi connectivity index (χ2n) is 8.04. The Hall–Kier alpha value is -1.20. The number of hydrogen-bond acceptors (Lipinski definition) is 5. The van der Waals surface area contributed by atoms with Crippen LogP contribution in [0.15, 0.2) is 6.20 Å². The van der Waals surface area contributed by atoms with E-state index in [1.54, 1.807) is 0 Å². The van der Waals surface area contributed by atoms with E-state index in [0.29, 0.717) is 12.5 Å². The first-order valence-electron chi connectivity index (χ1n) is 9.05. The summed E-state index contributed by atoms with van der Waals surface area (Å²) >= 11 is 0. The predicted octanol–water partition coefficient (Wildman–Crippen LogP) is 2.43. The topological polar surface area (TPSA) is 50.3 Å². The Morgan fingerprint density at radius 1 is 1.43 bits per heavy atom. The third-order valence-corrected chi connectivity index (χ3v) is 5.30. The van der Waals surface area contributed by atoms with Gasteiger partial charge in [-0.15, -0.1) is 0 Å². The van der Waals surface area contributed by atoms with Gasteiger partial charge in [-0.2, -0.15) is 0 Å². The van der Waals surface area contributed by atoms with Crippen molar-refractivity contribution >= 4 is 5.95 Å². The number of rotatable bonds is 5. The Balaban J connectivity index is 1.55. The zero-order valence-electron chi connectivity index (χ0n) is 14.3. The van der Waals surface area contributed by atoms with E-state index in [-0.39, 0.29) is 5.41 Å². The molecule has 1 aromatic rings. The van der Waals surface area contributed by atoms with Crippen molar-refractivity contribution in [3.05, 3.63) is 17.5 Å². The first-order valence-corrected chi connectivity index (χ1v) is 9.05. The number of aromatic nitrogens is 2. The van der Waals surface area contributed by atoms with Gasteiger partial charge in [0.05, 0.1) is 24.3 Å². The molecule has 1 aliphatic carbocycles. The van der Waals surface area contributed by atoms with Gasteiger partial charge in [-0.3, -0.25) is 0 Å². The molecule has 1 aromatic heterocycles. The molecule has 4 rings (SSSR count). The fourth-order valence-electron chi connectivity index (χ4n) is 3.98. The molecule has 0 radical (unpaired) electrons. The van der Waals surface area contributed by atoms with Crippen molar-refractivity contribution in [2.24, 2.45) is 11.8 Å². The number of nitrogens with zero attached hydrogens (tertiary/aromatic N) is 3. The van der Waals surface area contributed by atoms with E-state index in [1.807, 2.05) is 6.20 Å². The third-order valence-electron chi connectivity index (χ3n) is 5.30. The van der Waals surface area contributed by atoms with Gasteiger partial charge in [-0.25, -0.2) is 9.97 Å². The normalized spacial score (nSPS) is 27.6. The van der Waals surface area contributed by atoms with Crippen molar-refractivity contribution in [2.75, 3.05) is 38.1 Å². The quantitative estimate of drug-likeness (QED) is 0.904. The molecule has 1 atom stereocenters. The van der Waals surface area contributed by atoms with E-state index >= 15 is 0 Å². The van der Waals surface area contributed by atoms with Gasteiger partial charge in [0.15, 0.2) is 0 Å². The third kappa shape index (κ3) is 3.22. The molecule has 1 saturated carbocycles. The Morgan fingerprint density at radius 3 is 3.09 bits per heavy atom. The summed E-state index contributed by atoms with van der Waals surface area (Å²) in [6.45, 7) is 10.4. The number of hydrogen-bond donors (Lipinski definition) is 1. The van der Waals surface area contributed by atoms with Crippen LogP contribution in [0.5, 0.6) is 0 Å². The van der Waals surface area contributed by atoms with Crippen molar-refractivity contribution in [3.63, 3.8) is 0 Å². The van der Waals surface area contributed by atoms with Crippen LogP contribution in [0.2, 0.25) is 0 Å². The van der Waals surface area contributed by atoms with Crippen molar-refractivity contribution in [1.29, 1.82) is 0 Å². The van der Waals surface area contributed by atoms with Gasteiger partial charge in [-0.05, 0) is 37.6 Å². The number of ether oxygens (including phenoxy) is 1. The fourth-order valence-corrected chi connectivity index (χ4v) is 3.98. The lowest BCUT2D eigenvalue weighted by Gasteiger charge is -2.34. The van der Waals surface area contributed by atoms with Crippen LogP contribution in [0.4, 0.5) is 5.95 Å². The van der Waals surface area contributed by atoms with Crippen LogP contribution >= 0.6 is 0 Å². The highest BCUT2D eigenvalue weighted by molar-refractivity contribution is 5.36. The second-order valence-corrected chi connectivity index (χ2v) is 8.04. The number of likely N-dealkylation sites (tertiary alicyclic amines) is 1. The lowest BCUT2D eigenvalue weighted by atomic mass is 9.80. The lowest BCUT2D eigenvalue weighted by Crippen LogP contribution is -2.41. The number of nitrogens with one attached hydrogen (secondary N) is 1. The van der Waals surface area contributed by atoms with E-state index in [4.69, 9.17) is 9.72 Å². The summed E-state index contributed by atoms with van der Waals surface area (Å²) in [5.41, 5.74) is 2.49. The molecule has 0 aromatic carbocycles. The summed E-state index contributed by atoms with van der Waals surface area (Å²) in [6, 6.07) is 0. The zero-order chi connectivity index (χ0) is 15.9. The molecular weight excluding hydrogens is 288 g/mol. The Bertz CT molecular complexity index is 572. The fraction of sp³-hybridized carbons (Fsp3) is 0.778.